The minimum Gasteiger partial charge on any atom is -0.487 e. The van der Waals surface area contributed by atoms with Crippen LogP contribution >= 0.6 is 11.8 Å². The molecule has 2 saturated heterocycles. The van der Waals surface area contributed by atoms with Gasteiger partial charge in [-0.25, -0.2) is 19.6 Å². The molecule has 4 aromatic rings. The molecule has 6 rings (SSSR count). The van der Waals surface area contributed by atoms with E-state index in [0.29, 0.717) is 49.6 Å². The summed E-state index contributed by atoms with van der Waals surface area (Å²) in [4.78, 5) is 45.8. The molecule has 2 fully saturated rings. The van der Waals surface area contributed by atoms with Crippen molar-refractivity contribution in [2.24, 2.45) is 0 Å². The smallest absolute Gasteiger partial charge is 0.411 e. The van der Waals surface area contributed by atoms with E-state index < -0.39 is 11.2 Å². The second kappa shape index (κ2) is 17.6. The fourth-order valence-electron chi connectivity index (χ4n) is 6.63. The van der Waals surface area contributed by atoms with Crippen LogP contribution in [-0.4, -0.2) is 112 Å². The summed E-state index contributed by atoms with van der Waals surface area (Å²) >= 11 is 1.67. The standard InChI is InChI=1S/C41H54N6O8S/c1-40(2,3)54-38(48)46-17-9-10-32(46)36-43-23-31(45-36)29-16-15-28(34(52-20-18-50-7)35(29)53-21-19-51-8)26-11-13-27(14-12-26)30-22-42-37(44-30)33-24-56-25-47(33)39(49)55-41(4,5)6/h11-16,22-23,32-33H,9-10,17-21,24-25H2,1-8H3,(H,42,44)(H,43,45)/t32-,33-/m0/s1. The lowest BCUT2D eigenvalue weighted by atomic mass is 9.98. The fraction of sp³-hybridized carbons (Fsp3) is 0.512. The number of aromatic nitrogens is 4. The summed E-state index contributed by atoms with van der Waals surface area (Å²) in [7, 11) is 3.26. The average molecular weight is 791 g/mol. The molecule has 2 atom stereocenters. The molecule has 2 N–H and O–H groups in total. The lowest BCUT2D eigenvalue weighted by Gasteiger charge is -2.27. The van der Waals surface area contributed by atoms with Crippen LogP contribution in [0.3, 0.4) is 0 Å². The average Bonchev–Trinajstić information content (AvgIpc) is 3.97. The topological polar surface area (TPSA) is 153 Å². The van der Waals surface area contributed by atoms with Gasteiger partial charge in [-0.2, -0.15) is 0 Å². The third-order valence-corrected chi connectivity index (χ3v) is 10.2. The SMILES string of the molecule is COCCOc1c(-c2ccc(-c3cnc([C@@H]4CSCN4C(=O)OC(C)(C)C)[nH]3)cc2)ccc(-c2cnc([C@@H]3CCCN3C(=O)OC(C)(C)C)[nH]2)c1OCCOC. The van der Waals surface area contributed by atoms with Gasteiger partial charge in [0.25, 0.3) is 0 Å². The molecular weight excluding hydrogens is 737 g/mol. The van der Waals surface area contributed by atoms with Crippen molar-refractivity contribution in [3.05, 3.63) is 60.4 Å². The number of methoxy groups -OCH3 is 2. The van der Waals surface area contributed by atoms with E-state index in [1.165, 1.54) is 0 Å². The third-order valence-electron chi connectivity index (χ3n) is 9.19. The summed E-state index contributed by atoms with van der Waals surface area (Å²) in [5.41, 5.74) is 3.82. The molecule has 4 heterocycles. The summed E-state index contributed by atoms with van der Waals surface area (Å²) in [6.45, 7) is 13.1. The number of nitrogens with zero attached hydrogens (tertiary/aromatic N) is 4. The molecule has 0 aliphatic carbocycles. The second-order valence-corrected chi connectivity index (χ2v) is 16.7. The molecule has 0 radical (unpaired) electrons. The van der Waals surface area contributed by atoms with E-state index in [0.717, 1.165) is 58.1 Å². The lowest BCUT2D eigenvalue weighted by molar-refractivity contribution is 0.0213. The Bertz CT molecular complexity index is 1950. The minimum atomic E-state index is -0.599. The van der Waals surface area contributed by atoms with Crippen molar-refractivity contribution >= 4 is 23.9 Å². The zero-order valence-corrected chi connectivity index (χ0v) is 34.4. The molecule has 0 bridgehead atoms. The molecule has 2 aromatic heterocycles. The third kappa shape index (κ3) is 9.79. The van der Waals surface area contributed by atoms with Gasteiger partial charge in [0.15, 0.2) is 11.5 Å². The number of ether oxygens (including phenoxy) is 6. The van der Waals surface area contributed by atoms with E-state index >= 15 is 0 Å². The van der Waals surface area contributed by atoms with Crippen molar-refractivity contribution in [2.75, 3.05) is 58.8 Å². The zero-order chi connectivity index (χ0) is 40.0. The van der Waals surface area contributed by atoms with Crippen LogP contribution in [0.5, 0.6) is 11.5 Å². The Balaban J connectivity index is 1.29. The zero-order valence-electron chi connectivity index (χ0n) is 33.6. The van der Waals surface area contributed by atoms with Gasteiger partial charge in [0.05, 0.1) is 48.9 Å². The number of carbonyl (C=O) groups excluding carboxylic acids is 2. The van der Waals surface area contributed by atoms with Crippen molar-refractivity contribution < 1.29 is 38.0 Å². The number of H-pyrrole nitrogens is 2. The Morgan fingerprint density at radius 2 is 1.25 bits per heavy atom. The summed E-state index contributed by atoms with van der Waals surface area (Å²) in [6, 6.07) is 11.7. The molecule has 2 aliphatic rings. The summed E-state index contributed by atoms with van der Waals surface area (Å²) in [6.07, 6.45) is 4.49. The minimum absolute atomic E-state index is 0.210. The highest BCUT2D eigenvalue weighted by Crippen LogP contribution is 2.46. The Morgan fingerprint density at radius 3 is 1.88 bits per heavy atom. The van der Waals surface area contributed by atoms with Crippen molar-refractivity contribution in [2.45, 2.75) is 77.7 Å². The molecule has 2 amide bonds. The van der Waals surface area contributed by atoms with Crippen molar-refractivity contribution in [3.8, 4) is 45.1 Å². The maximum Gasteiger partial charge on any atom is 0.411 e. The van der Waals surface area contributed by atoms with Crippen LogP contribution in [0.4, 0.5) is 9.59 Å². The van der Waals surface area contributed by atoms with Crippen molar-refractivity contribution in [3.63, 3.8) is 0 Å². The Morgan fingerprint density at radius 1 is 0.714 bits per heavy atom. The first-order chi connectivity index (χ1) is 26.8. The monoisotopic (exact) mass is 790 g/mol. The number of imidazole rings is 2. The number of nitrogens with one attached hydrogen (secondary N) is 2. The summed E-state index contributed by atoms with van der Waals surface area (Å²) in [5, 5.41) is 0. The van der Waals surface area contributed by atoms with Crippen LogP contribution in [0.1, 0.15) is 78.1 Å². The number of carbonyl (C=O) groups is 2. The molecule has 0 spiro atoms. The number of rotatable bonds is 13. The predicted octanol–water partition coefficient (Wildman–Crippen LogP) is 8.24. The highest BCUT2D eigenvalue weighted by Gasteiger charge is 2.37. The maximum atomic E-state index is 13.1. The highest BCUT2D eigenvalue weighted by molar-refractivity contribution is 7.99. The lowest BCUT2D eigenvalue weighted by Crippen LogP contribution is -2.37. The van der Waals surface area contributed by atoms with Crippen LogP contribution in [0.2, 0.25) is 0 Å². The van der Waals surface area contributed by atoms with Gasteiger partial charge in [-0.15, -0.1) is 11.8 Å². The first-order valence-corrected chi connectivity index (χ1v) is 20.1. The molecule has 302 valence electrons. The van der Waals surface area contributed by atoms with Gasteiger partial charge < -0.3 is 38.4 Å². The molecule has 15 heteroatoms. The number of hydrogen-bond acceptors (Lipinski definition) is 11. The van der Waals surface area contributed by atoms with E-state index in [9.17, 15) is 9.59 Å². The summed E-state index contributed by atoms with van der Waals surface area (Å²) in [5.74, 6) is 3.76. The number of hydrogen-bond donors (Lipinski definition) is 2. The Hall–Kier alpha value is -4.73. The van der Waals surface area contributed by atoms with Crippen LogP contribution in [0.25, 0.3) is 33.6 Å². The van der Waals surface area contributed by atoms with E-state index in [-0.39, 0.29) is 30.9 Å². The molecule has 56 heavy (non-hydrogen) atoms. The molecule has 14 nitrogen and oxygen atoms in total. The van der Waals surface area contributed by atoms with Crippen LogP contribution in [-0.2, 0) is 18.9 Å². The largest absolute Gasteiger partial charge is 0.487 e. The molecule has 2 aliphatic heterocycles. The highest BCUT2D eigenvalue weighted by atomic mass is 32.2. The number of benzene rings is 2. The normalized spacial score (nSPS) is 17.4. The van der Waals surface area contributed by atoms with Gasteiger partial charge in [0.2, 0.25) is 0 Å². The van der Waals surface area contributed by atoms with Crippen molar-refractivity contribution in [1.29, 1.82) is 0 Å². The van der Waals surface area contributed by atoms with E-state index in [4.69, 9.17) is 33.4 Å². The first-order valence-electron chi connectivity index (χ1n) is 18.9. The van der Waals surface area contributed by atoms with Gasteiger partial charge in [-0.05, 0) is 77.6 Å². The van der Waals surface area contributed by atoms with Crippen LogP contribution < -0.4 is 9.47 Å². The van der Waals surface area contributed by atoms with Crippen molar-refractivity contribution in [1.82, 2.24) is 29.7 Å². The Kier molecular flexibility index (Phi) is 12.9. The van der Waals surface area contributed by atoms with E-state index in [2.05, 4.69) is 15.0 Å². The second-order valence-electron chi connectivity index (χ2n) is 15.7. The van der Waals surface area contributed by atoms with E-state index in [1.54, 1.807) is 48.2 Å². The summed E-state index contributed by atoms with van der Waals surface area (Å²) < 4.78 is 34.9. The molecule has 2 aromatic carbocycles. The number of amides is 2. The number of thioether (sulfide) groups is 1. The van der Waals surface area contributed by atoms with Gasteiger partial charge in [-0.1, -0.05) is 24.3 Å². The van der Waals surface area contributed by atoms with Gasteiger partial charge >= 0.3 is 12.2 Å². The molecule has 0 saturated carbocycles. The fourth-order valence-corrected chi connectivity index (χ4v) is 7.78. The van der Waals surface area contributed by atoms with Gasteiger partial charge in [0.1, 0.15) is 42.1 Å². The Labute approximate surface area is 332 Å². The first kappa shape index (κ1) is 40.9. The predicted molar refractivity (Wildman–Crippen MR) is 215 cm³/mol. The quantitative estimate of drug-likeness (QED) is 0.126. The molecular formula is C41H54N6O8S. The molecule has 0 unspecified atom stereocenters. The maximum absolute atomic E-state index is 13.1. The number of likely N-dealkylation sites (tertiary alicyclic amines) is 1. The van der Waals surface area contributed by atoms with Gasteiger partial charge in [0, 0.05) is 37.6 Å². The van der Waals surface area contributed by atoms with Gasteiger partial charge in [-0.3, -0.25) is 9.80 Å². The van der Waals surface area contributed by atoms with Crippen LogP contribution in [0.15, 0.2) is 48.8 Å². The van der Waals surface area contributed by atoms with E-state index in [1.807, 2.05) is 77.9 Å². The number of aromatic amines is 2. The van der Waals surface area contributed by atoms with Crippen LogP contribution in [0, 0.1) is 0 Å².